The van der Waals surface area contributed by atoms with Gasteiger partial charge < -0.3 is 5.32 Å². The van der Waals surface area contributed by atoms with Crippen molar-refractivity contribution in [2.75, 3.05) is 12.3 Å². The summed E-state index contributed by atoms with van der Waals surface area (Å²) < 4.78 is 0. The molecule has 0 radical (unpaired) electrons. The molecule has 1 aromatic rings. The largest absolute Gasteiger partial charge is 0.360 e. The molecule has 0 spiro atoms. The molecule has 1 aliphatic heterocycles. The van der Waals surface area contributed by atoms with E-state index in [1.54, 1.807) is 11.3 Å². The lowest BCUT2D eigenvalue weighted by Crippen LogP contribution is -2.30. The highest BCUT2D eigenvalue weighted by Gasteiger charge is 2.23. The number of nitrogens with one attached hydrogen (secondary N) is 1. The first kappa shape index (κ1) is 11.0. The molecule has 2 heterocycles. The minimum Gasteiger partial charge on any atom is -0.360 e. The third-order valence-corrected chi connectivity index (χ3v) is 4.59. The average molecular weight is 240 g/mol. The Labute approximate surface area is 99.2 Å². The fourth-order valence-corrected chi connectivity index (χ4v) is 2.92. The Hall–Kier alpha value is -0.480. The van der Waals surface area contributed by atoms with Crippen molar-refractivity contribution in [3.63, 3.8) is 0 Å². The van der Waals surface area contributed by atoms with Crippen molar-refractivity contribution in [1.29, 1.82) is 0 Å². The fraction of sp³-hybridized carbons (Fsp3) is 0.545. The van der Waals surface area contributed by atoms with Crippen molar-refractivity contribution in [3.8, 4) is 0 Å². The maximum absolute atomic E-state index is 4.55. The lowest BCUT2D eigenvalue weighted by Gasteiger charge is -2.27. The van der Waals surface area contributed by atoms with E-state index in [0.29, 0.717) is 5.41 Å². The topological polar surface area (TPSA) is 24.4 Å². The van der Waals surface area contributed by atoms with Gasteiger partial charge >= 0.3 is 0 Å². The molecule has 2 nitrogen and oxygen atoms in total. The first-order chi connectivity index (χ1) is 7.16. The van der Waals surface area contributed by atoms with E-state index >= 15 is 0 Å². The summed E-state index contributed by atoms with van der Waals surface area (Å²) in [5.41, 5.74) is 0.360. The van der Waals surface area contributed by atoms with Crippen LogP contribution in [-0.4, -0.2) is 17.5 Å². The molecular formula is C11H16N2S2. The van der Waals surface area contributed by atoms with Crippen molar-refractivity contribution in [3.05, 3.63) is 22.4 Å². The maximum Gasteiger partial charge on any atom is 0.156 e. The predicted molar refractivity (Wildman–Crippen MR) is 69.7 cm³/mol. The molecule has 15 heavy (non-hydrogen) atoms. The Kier molecular flexibility index (Phi) is 3.36. The zero-order valence-electron chi connectivity index (χ0n) is 9.12. The van der Waals surface area contributed by atoms with Gasteiger partial charge in [-0.2, -0.15) is 0 Å². The van der Waals surface area contributed by atoms with Gasteiger partial charge in [0.1, 0.15) is 0 Å². The monoisotopic (exact) mass is 240 g/mol. The van der Waals surface area contributed by atoms with E-state index in [0.717, 1.165) is 24.0 Å². The molecule has 0 aromatic carbocycles. The Morgan fingerprint density at radius 1 is 1.53 bits per heavy atom. The summed E-state index contributed by atoms with van der Waals surface area (Å²) in [4.78, 5) is 5.92. The molecule has 2 rings (SSSR count). The quantitative estimate of drug-likeness (QED) is 0.859. The van der Waals surface area contributed by atoms with Crippen LogP contribution < -0.4 is 5.32 Å². The molecule has 1 aliphatic rings. The Morgan fingerprint density at radius 2 is 2.40 bits per heavy atom. The molecule has 1 aromatic heterocycles. The Bertz CT molecular complexity index is 341. The molecule has 0 saturated carbocycles. The fourth-order valence-electron chi connectivity index (χ4n) is 1.32. The van der Waals surface area contributed by atoms with Gasteiger partial charge in [-0.1, -0.05) is 31.7 Å². The van der Waals surface area contributed by atoms with Gasteiger partial charge in [-0.25, -0.2) is 0 Å². The molecule has 0 unspecified atom stereocenters. The summed E-state index contributed by atoms with van der Waals surface area (Å²) >= 11 is 3.62. The second-order valence-electron chi connectivity index (χ2n) is 4.51. The van der Waals surface area contributed by atoms with Gasteiger partial charge in [0.15, 0.2) is 5.17 Å². The summed E-state index contributed by atoms with van der Waals surface area (Å²) in [6.45, 7) is 6.37. The molecule has 0 bridgehead atoms. The lowest BCUT2D eigenvalue weighted by atomic mass is 9.97. The number of hydrogen-bond donors (Lipinski definition) is 1. The van der Waals surface area contributed by atoms with Crippen LogP contribution in [0.25, 0.3) is 0 Å². The van der Waals surface area contributed by atoms with Crippen LogP contribution in [0.1, 0.15) is 18.7 Å². The Morgan fingerprint density at radius 3 is 3.00 bits per heavy atom. The maximum atomic E-state index is 4.55. The van der Waals surface area contributed by atoms with Crippen molar-refractivity contribution in [1.82, 2.24) is 5.32 Å². The summed E-state index contributed by atoms with van der Waals surface area (Å²) in [6, 6.07) is 4.23. The smallest absolute Gasteiger partial charge is 0.156 e. The van der Waals surface area contributed by atoms with Crippen molar-refractivity contribution in [2.45, 2.75) is 20.4 Å². The molecule has 82 valence electrons. The third-order valence-electron chi connectivity index (χ3n) is 2.24. The molecule has 0 fully saturated rings. The minimum absolute atomic E-state index is 0.360. The van der Waals surface area contributed by atoms with Gasteiger partial charge in [0.25, 0.3) is 0 Å². The highest BCUT2D eigenvalue weighted by molar-refractivity contribution is 8.13. The SMILES string of the molecule is CC1(C)CN=C(NCc2cccs2)SC1. The van der Waals surface area contributed by atoms with Crippen LogP contribution in [0.5, 0.6) is 0 Å². The Balaban J connectivity index is 1.84. The van der Waals surface area contributed by atoms with Gasteiger partial charge in [-0.05, 0) is 16.9 Å². The van der Waals surface area contributed by atoms with Crippen LogP contribution in [0, 0.1) is 5.41 Å². The van der Waals surface area contributed by atoms with Gasteiger partial charge in [-0.3, -0.25) is 4.99 Å². The van der Waals surface area contributed by atoms with E-state index in [4.69, 9.17) is 0 Å². The van der Waals surface area contributed by atoms with E-state index in [1.807, 2.05) is 11.8 Å². The van der Waals surface area contributed by atoms with Crippen LogP contribution in [0.15, 0.2) is 22.5 Å². The van der Waals surface area contributed by atoms with E-state index in [-0.39, 0.29) is 0 Å². The van der Waals surface area contributed by atoms with Crippen LogP contribution in [0.4, 0.5) is 0 Å². The normalized spacial score (nSPS) is 19.7. The number of nitrogens with zero attached hydrogens (tertiary/aromatic N) is 1. The number of rotatable bonds is 2. The molecule has 0 amide bonds. The summed E-state index contributed by atoms with van der Waals surface area (Å²) in [7, 11) is 0. The van der Waals surface area contributed by atoms with E-state index in [1.165, 1.54) is 4.88 Å². The van der Waals surface area contributed by atoms with Crippen molar-refractivity contribution >= 4 is 28.3 Å². The third kappa shape index (κ3) is 3.24. The van der Waals surface area contributed by atoms with Crippen molar-refractivity contribution < 1.29 is 0 Å². The standard InChI is InChI=1S/C11H16N2S2/c1-11(2)7-13-10(15-8-11)12-6-9-4-3-5-14-9/h3-5H,6-8H2,1-2H3,(H,12,13). The van der Waals surface area contributed by atoms with E-state index in [9.17, 15) is 0 Å². The number of hydrogen-bond acceptors (Lipinski definition) is 4. The number of amidine groups is 1. The molecule has 0 atom stereocenters. The van der Waals surface area contributed by atoms with Crippen molar-refractivity contribution in [2.24, 2.45) is 10.4 Å². The van der Waals surface area contributed by atoms with Crippen LogP contribution in [0.3, 0.4) is 0 Å². The second kappa shape index (κ2) is 4.58. The van der Waals surface area contributed by atoms with Gasteiger partial charge in [0.05, 0.1) is 6.54 Å². The second-order valence-corrected chi connectivity index (χ2v) is 6.50. The van der Waals surface area contributed by atoms with Gasteiger partial charge in [0, 0.05) is 17.2 Å². The molecule has 0 saturated heterocycles. The van der Waals surface area contributed by atoms with Crippen LogP contribution in [-0.2, 0) is 6.54 Å². The highest BCUT2D eigenvalue weighted by atomic mass is 32.2. The van der Waals surface area contributed by atoms with E-state index in [2.05, 4.69) is 41.7 Å². The zero-order valence-corrected chi connectivity index (χ0v) is 10.8. The highest BCUT2D eigenvalue weighted by Crippen LogP contribution is 2.27. The minimum atomic E-state index is 0.360. The first-order valence-electron chi connectivity index (χ1n) is 5.09. The van der Waals surface area contributed by atoms with Crippen LogP contribution >= 0.6 is 23.1 Å². The average Bonchev–Trinajstić information content (AvgIpc) is 2.69. The lowest BCUT2D eigenvalue weighted by molar-refractivity contribution is 0.436. The van der Waals surface area contributed by atoms with E-state index < -0.39 is 0 Å². The summed E-state index contributed by atoms with van der Waals surface area (Å²) in [6.07, 6.45) is 0. The number of thioether (sulfide) groups is 1. The van der Waals surface area contributed by atoms with Gasteiger partial charge in [-0.15, -0.1) is 11.3 Å². The predicted octanol–water partition coefficient (Wildman–Crippen LogP) is 2.97. The van der Waals surface area contributed by atoms with Gasteiger partial charge in [0.2, 0.25) is 0 Å². The zero-order chi connectivity index (χ0) is 10.7. The summed E-state index contributed by atoms with van der Waals surface area (Å²) in [5, 5.41) is 6.59. The molecular weight excluding hydrogens is 224 g/mol. The summed E-state index contributed by atoms with van der Waals surface area (Å²) in [5.74, 6) is 1.16. The first-order valence-corrected chi connectivity index (χ1v) is 6.96. The molecule has 1 N–H and O–H groups in total. The molecule has 4 heteroatoms. The number of thiophene rings is 1. The van der Waals surface area contributed by atoms with Crippen LogP contribution in [0.2, 0.25) is 0 Å². The number of aliphatic imine (C=N–C) groups is 1. The molecule has 0 aliphatic carbocycles.